The molecule has 9 heteroatoms. The van der Waals surface area contributed by atoms with E-state index in [1.165, 1.54) is 4.31 Å². The summed E-state index contributed by atoms with van der Waals surface area (Å²) in [5.74, 6) is -0.523. The number of aryl methyl sites for hydroxylation is 1. The van der Waals surface area contributed by atoms with Crippen molar-refractivity contribution in [3.8, 4) is 16.9 Å². The SMILES string of the molecule is Cc1ccc(-n2cc(C(=O)NCCS(=O)(=O)N3CCOCC3)c(-c3ccccc3)n2)cc1. The van der Waals surface area contributed by atoms with Crippen molar-refractivity contribution in [2.45, 2.75) is 6.92 Å². The first kappa shape index (κ1) is 22.2. The van der Waals surface area contributed by atoms with E-state index in [1.807, 2.05) is 61.5 Å². The number of nitrogens with one attached hydrogen (secondary N) is 1. The summed E-state index contributed by atoms with van der Waals surface area (Å²) < 4.78 is 33.3. The van der Waals surface area contributed by atoms with E-state index in [9.17, 15) is 13.2 Å². The highest BCUT2D eigenvalue weighted by atomic mass is 32.2. The van der Waals surface area contributed by atoms with Crippen LogP contribution in [0.4, 0.5) is 0 Å². The van der Waals surface area contributed by atoms with E-state index < -0.39 is 10.0 Å². The van der Waals surface area contributed by atoms with Crippen molar-refractivity contribution in [3.05, 3.63) is 71.9 Å². The highest BCUT2D eigenvalue weighted by Gasteiger charge is 2.25. The number of morpholine rings is 1. The molecule has 0 atom stereocenters. The third-order valence-electron chi connectivity index (χ3n) is 5.31. The van der Waals surface area contributed by atoms with Gasteiger partial charge in [0.25, 0.3) is 5.91 Å². The lowest BCUT2D eigenvalue weighted by atomic mass is 10.1. The fourth-order valence-corrected chi connectivity index (χ4v) is 4.85. The molecule has 1 aliphatic rings. The van der Waals surface area contributed by atoms with E-state index in [4.69, 9.17) is 4.74 Å². The van der Waals surface area contributed by atoms with E-state index >= 15 is 0 Å². The van der Waals surface area contributed by atoms with Crippen LogP contribution < -0.4 is 5.32 Å². The van der Waals surface area contributed by atoms with Crippen molar-refractivity contribution in [3.63, 3.8) is 0 Å². The number of aromatic nitrogens is 2. The summed E-state index contributed by atoms with van der Waals surface area (Å²) in [5.41, 5.74) is 3.70. The predicted octanol–water partition coefficient (Wildman–Crippen LogP) is 2.24. The molecule has 4 rings (SSSR count). The van der Waals surface area contributed by atoms with E-state index in [2.05, 4.69) is 10.4 Å². The van der Waals surface area contributed by atoms with Crippen LogP contribution in [-0.2, 0) is 14.8 Å². The van der Waals surface area contributed by atoms with Gasteiger partial charge in [0, 0.05) is 31.4 Å². The Bertz CT molecular complexity index is 1170. The van der Waals surface area contributed by atoms with Crippen LogP contribution in [0.5, 0.6) is 0 Å². The number of sulfonamides is 1. The molecule has 0 saturated carbocycles. The van der Waals surface area contributed by atoms with Gasteiger partial charge in [0.15, 0.2) is 0 Å². The Morgan fingerprint density at radius 2 is 1.75 bits per heavy atom. The maximum Gasteiger partial charge on any atom is 0.255 e. The molecule has 2 aromatic carbocycles. The zero-order valence-electron chi connectivity index (χ0n) is 17.9. The van der Waals surface area contributed by atoms with E-state index in [0.29, 0.717) is 37.6 Å². The van der Waals surface area contributed by atoms with Crippen LogP contribution in [0, 0.1) is 6.92 Å². The Morgan fingerprint density at radius 3 is 2.44 bits per heavy atom. The van der Waals surface area contributed by atoms with Crippen molar-refractivity contribution < 1.29 is 17.9 Å². The van der Waals surface area contributed by atoms with Gasteiger partial charge in [-0.15, -0.1) is 0 Å². The minimum absolute atomic E-state index is 0.0163. The normalized spacial score (nSPS) is 14.9. The van der Waals surface area contributed by atoms with Gasteiger partial charge in [-0.3, -0.25) is 4.79 Å². The first-order valence-corrected chi connectivity index (χ1v) is 12.1. The summed E-state index contributed by atoms with van der Waals surface area (Å²) in [7, 11) is -3.45. The zero-order chi connectivity index (χ0) is 22.6. The molecule has 1 N–H and O–H groups in total. The number of nitrogens with zero attached hydrogens (tertiary/aromatic N) is 3. The zero-order valence-corrected chi connectivity index (χ0v) is 18.7. The molecule has 0 spiro atoms. The third kappa shape index (κ3) is 5.07. The number of carbonyl (C=O) groups excluding carboxylic acids is 1. The van der Waals surface area contributed by atoms with Crippen LogP contribution in [0.15, 0.2) is 60.8 Å². The summed E-state index contributed by atoms with van der Waals surface area (Å²) in [6, 6.07) is 17.3. The molecule has 32 heavy (non-hydrogen) atoms. The Hall–Kier alpha value is -3.01. The fourth-order valence-electron chi connectivity index (χ4n) is 3.52. The Kier molecular flexibility index (Phi) is 6.69. The molecule has 1 aliphatic heterocycles. The Morgan fingerprint density at radius 1 is 1.06 bits per heavy atom. The van der Waals surface area contributed by atoms with E-state index in [-0.39, 0.29) is 18.2 Å². The van der Waals surface area contributed by atoms with Crippen molar-refractivity contribution >= 4 is 15.9 Å². The van der Waals surface area contributed by atoms with E-state index in [0.717, 1.165) is 16.8 Å². The van der Waals surface area contributed by atoms with Gasteiger partial charge in [0.1, 0.15) is 5.69 Å². The van der Waals surface area contributed by atoms with Gasteiger partial charge in [-0.1, -0.05) is 48.0 Å². The van der Waals surface area contributed by atoms with Crippen LogP contribution in [0.25, 0.3) is 16.9 Å². The molecule has 1 saturated heterocycles. The Balaban J connectivity index is 1.53. The quantitative estimate of drug-likeness (QED) is 0.591. The topological polar surface area (TPSA) is 93.5 Å². The predicted molar refractivity (Wildman–Crippen MR) is 122 cm³/mol. The molecule has 2 heterocycles. The average molecular weight is 455 g/mol. The van der Waals surface area contributed by atoms with Crippen LogP contribution in [0.3, 0.4) is 0 Å². The van der Waals surface area contributed by atoms with Crippen molar-refractivity contribution in [2.75, 3.05) is 38.6 Å². The summed E-state index contributed by atoms with van der Waals surface area (Å²) in [4.78, 5) is 13.0. The fraction of sp³-hybridized carbons (Fsp3) is 0.304. The molecule has 8 nitrogen and oxygen atoms in total. The summed E-state index contributed by atoms with van der Waals surface area (Å²) in [6.07, 6.45) is 1.68. The molecule has 0 radical (unpaired) electrons. The standard InChI is InChI=1S/C23H26N4O4S/c1-18-7-9-20(10-8-18)27-17-21(22(25-27)19-5-3-2-4-6-19)23(28)24-11-16-32(29,30)26-12-14-31-15-13-26/h2-10,17H,11-16H2,1H3,(H,24,28). The first-order chi connectivity index (χ1) is 15.4. The second-order valence-corrected chi connectivity index (χ2v) is 9.71. The monoisotopic (exact) mass is 454 g/mol. The number of hydrogen-bond acceptors (Lipinski definition) is 5. The van der Waals surface area contributed by atoms with Gasteiger partial charge in [-0.25, -0.2) is 13.1 Å². The molecule has 1 aromatic heterocycles. The van der Waals surface area contributed by atoms with Gasteiger partial charge >= 0.3 is 0 Å². The summed E-state index contributed by atoms with van der Waals surface area (Å²) in [5, 5.41) is 7.40. The van der Waals surface area contributed by atoms with Crippen molar-refractivity contribution in [1.82, 2.24) is 19.4 Å². The Labute approximate surface area is 187 Å². The highest BCUT2D eigenvalue weighted by molar-refractivity contribution is 7.89. The lowest BCUT2D eigenvalue weighted by molar-refractivity contribution is 0.0730. The van der Waals surface area contributed by atoms with Crippen LogP contribution in [0.1, 0.15) is 15.9 Å². The molecule has 1 amide bonds. The molecule has 168 valence electrons. The van der Waals surface area contributed by atoms with Crippen LogP contribution >= 0.6 is 0 Å². The molecule has 0 bridgehead atoms. The number of benzene rings is 2. The second-order valence-electron chi connectivity index (χ2n) is 7.62. The maximum atomic E-state index is 13.0. The number of ether oxygens (including phenoxy) is 1. The minimum Gasteiger partial charge on any atom is -0.379 e. The van der Waals surface area contributed by atoms with Gasteiger partial charge in [-0.2, -0.15) is 9.40 Å². The summed E-state index contributed by atoms with van der Waals surface area (Å²) in [6.45, 7) is 3.50. The third-order valence-corrected chi connectivity index (χ3v) is 7.19. The highest BCUT2D eigenvalue weighted by Crippen LogP contribution is 2.24. The smallest absolute Gasteiger partial charge is 0.255 e. The molecular formula is C23H26N4O4S. The lowest BCUT2D eigenvalue weighted by Gasteiger charge is -2.26. The lowest BCUT2D eigenvalue weighted by Crippen LogP contribution is -2.43. The van der Waals surface area contributed by atoms with Gasteiger partial charge in [-0.05, 0) is 19.1 Å². The number of amides is 1. The number of carbonyl (C=O) groups is 1. The molecule has 0 aliphatic carbocycles. The molecule has 0 unspecified atom stereocenters. The maximum absolute atomic E-state index is 13.0. The van der Waals surface area contributed by atoms with Crippen LogP contribution in [-0.4, -0.2) is 67.0 Å². The van der Waals surface area contributed by atoms with Crippen LogP contribution in [0.2, 0.25) is 0 Å². The van der Waals surface area contributed by atoms with Gasteiger partial charge in [0.05, 0.1) is 30.2 Å². The second kappa shape index (κ2) is 9.64. The van der Waals surface area contributed by atoms with Crippen molar-refractivity contribution in [1.29, 1.82) is 0 Å². The van der Waals surface area contributed by atoms with E-state index in [1.54, 1.807) is 10.9 Å². The van der Waals surface area contributed by atoms with Gasteiger partial charge < -0.3 is 10.1 Å². The first-order valence-electron chi connectivity index (χ1n) is 10.5. The molecular weight excluding hydrogens is 428 g/mol. The van der Waals surface area contributed by atoms with Crippen molar-refractivity contribution in [2.24, 2.45) is 0 Å². The number of rotatable bonds is 7. The minimum atomic E-state index is -3.45. The largest absolute Gasteiger partial charge is 0.379 e. The average Bonchev–Trinajstić information content (AvgIpc) is 3.26. The van der Waals surface area contributed by atoms with Gasteiger partial charge in [0.2, 0.25) is 10.0 Å². The molecule has 1 fully saturated rings. The molecule has 3 aromatic rings. The summed E-state index contributed by atoms with van der Waals surface area (Å²) >= 11 is 0. The number of hydrogen-bond donors (Lipinski definition) is 1.